The van der Waals surface area contributed by atoms with Crippen LogP contribution in [0, 0.1) is 0 Å². The molecule has 0 atom stereocenters. The fraction of sp³-hybridized carbons (Fsp3) is 0.150. The highest BCUT2D eigenvalue weighted by Crippen LogP contribution is 2.33. The molecule has 0 fully saturated rings. The van der Waals surface area contributed by atoms with Gasteiger partial charge in [-0.15, -0.1) is 0 Å². The number of hydrogen-bond acceptors (Lipinski definition) is 5. The summed E-state index contributed by atoms with van der Waals surface area (Å²) in [7, 11) is 0. The first-order valence-electron chi connectivity index (χ1n) is 8.78. The minimum absolute atomic E-state index is 0.244. The number of amides is 1. The first-order valence-corrected chi connectivity index (χ1v) is 10.4. The average molecular weight is 456 g/mol. The molecule has 28 heavy (non-hydrogen) atoms. The topological polar surface area (TPSA) is 84.2 Å². The number of aromatic hydroxyl groups is 1. The quantitative estimate of drug-likeness (QED) is 0.472. The van der Waals surface area contributed by atoms with Crippen LogP contribution in [0.2, 0.25) is 0 Å². The Morgan fingerprint density at radius 3 is 3.00 bits per heavy atom. The van der Waals surface area contributed by atoms with Crippen molar-refractivity contribution in [2.24, 2.45) is 0 Å². The van der Waals surface area contributed by atoms with Crippen molar-refractivity contribution in [1.82, 2.24) is 9.55 Å². The van der Waals surface area contributed by atoms with E-state index in [2.05, 4.69) is 26.2 Å². The van der Waals surface area contributed by atoms with Crippen LogP contribution in [0.3, 0.4) is 0 Å². The Kier molecular flexibility index (Phi) is 3.99. The number of halogens is 1. The van der Waals surface area contributed by atoms with E-state index in [0.29, 0.717) is 17.1 Å². The number of aromatic nitrogens is 2. The van der Waals surface area contributed by atoms with Crippen LogP contribution in [0.25, 0.3) is 21.1 Å². The number of nitrogens with one attached hydrogen (secondary N) is 1. The summed E-state index contributed by atoms with van der Waals surface area (Å²) >= 11 is 4.72. The molecule has 0 radical (unpaired) electrons. The number of pyridine rings is 1. The second-order valence-corrected chi connectivity index (χ2v) is 8.63. The molecule has 0 spiro atoms. The van der Waals surface area contributed by atoms with Crippen molar-refractivity contribution in [3.63, 3.8) is 0 Å². The Hall–Kier alpha value is -2.71. The lowest BCUT2D eigenvalue weighted by atomic mass is 9.99. The van der Waals surface area contributed by atoms with Gasteiger partial charge in [-0.25, -0.2) is 4.98 Å². The van der Waals surface area contributed by atoms with E-state index >= 15 is 0 Å². The first-order chi connectivity index (χ1) is 13.5. The Labute approximate surface area is 171 Å². The molecule has 0 unspecified atom stereocenters. The number of carbonyl (C=O) groups excluding carboxylic acids is 1. The standard InChI is InChI=1S/C20H14BrN3O3S/c21-11-6-7-13-14(9-11)28-20(22-13)23-18(26)15-17(25)12-5-1-3-10-4-2-8-24(16(10)12)19(15)27/h1,3,5-7,9,25H,2,4,8H2,(H,22,23,26). The van der Waals surface area contributed by atoms with Gasteiger partial charge >= 0.3 is 0 Å². The van der Waals surface area contributed by atoms with Crippen molar-refractivity contribution in [3.05, 3.63) is 62.4 Å². The molecule has 1 aliphatic heterocycles. The molecule has 0 bridgehead atoms. The van der Waals surface area contributed by atoms with E-state index in [9.17, 15) is 14.7 Å². The van der Waals surface area contributed by atoms with Crippen LogP contribution in [0.5, 0.6) is 5.75 Å². The highest BCUT2D eigenvalue weighted by molar-refractivity contribution is 9.10. The third kappa shape index (κ3) is 2.63. The van der Waals surface area contributed by atoms with Crippen LogP contribution in [-0.2, 0) is 13.0 Å². The summed E-state index contributed by atoms with van der Waals surface area (Å²) in [4.78, 5) is 30.3. The van der Waals surface area contributed by atoms with Gasteiger partial charge in [0.1, 0.15) is 11.3 Å². The van der Waals surface area contributed by atoms with E-state index in [1.165, 1.54) is 11.3 Å². The highest BCUT2D eigenvalue weighted by atomic mass is 79.9. The molecule has 0 aliphatic carbocycles. The molecule has 5 rings (SSSR count). The number of nitrogens with zero attached hydrogens (tertiary/aromatic N) is 2. The van der Waals surface area contributed by atoms with E-state index in [1.807, 2.05) is 30.3 Å². The number of anilines is 1. The van der Waals surface area contributed by atoms with Crippen LogP contribution in [0.15, 0.2) is 45.7 Å². The minimum Gasteiger partial charge on any atom is -0.506 e. The molecule has 8 heteroatoms. The van der Waals surface area contributed by atoms with Gasteiger partial charge in [-0.2, -0.15) is 0 Å². The zero-order valence-electron chi connectivity index (χ0n) is 14.5. The molecule has 2 N–H and O–H groups in total. The largest absolute Gasteiger partial charge is 0.506 e. The van der Waals surface area contributed by atoms with Gasteiger partial charge in [0.25, 0.3) is 11.5 Å². The van der Waals surface area contributed by atoms with E-state index in [0.717, 1.165) is 38.6 Å². The molecule has 2 aromatic carbocycles. The van der Waals surface area contributed by atoms with Crippen molar-refractivity contribution in [2.75, 3.05) is 5.32 Å². The number of carbonyl (C=O) groups is 1. The molecule has 1 amide bonds. The van der Waals surface area contributed by atoms with Crippen LogP contribution in [0.1, 0.15) is 22.3 Å². The molecule has 6 nitrogen and oxygen atoms in total. The summed E-state index contributed by atoms with van der Waals surface area (Å²) in [5.41, 5.74) is 1.77. The summed E-state index contributed by atoms with van der Waals surface area (Å²) in [6.45, 7) is 0.530. The van der Waals surface area contributed by atoms with Gasteiger partial charge in [0.05, 0.1) is 15.7 Å². The van der Waals surface area contributed by atoms with Gasteiger partial charge in [0.2, 0.25) is 0 Å². The smallest absolute Gasteiger partial charge is 0.267 e. The number of benzene rings is 2. The third-order valence-corrected chi connectivity index (χ3v) is 6.39. The Morgan fingerprint density at radius 1 is 1.29 bits per heavy atom. The van der Waals surface area contributed by atoms with Crippen molar-refractivity contribution in [3.8, 4) is 5.75 Å². The Bertz CT molecular complexity index is 1340. The van der Waals surface area contributed by atoms with Crippen molar-refractivity contribution in [2.45, 2.75) is 19.4 Å². The molecule has 0 saturated heterocycles. The summed E-state index contributed by atoms with van der Waals surface area (Å²) in [6, 6.07) is 11.2. The van der Waals surface area contributed by atoms with E-state index < -0.39 is 11.5 Å². The van der Waals surface area contributed by atoms with Gasteiger partial charge in [-0.05, 0) is 42.7 Å². The maximum Gasteiger partial charge on any atom is 0.267 e. The van der Waals surface area contributed by atoms with Crippen LogP contribution in [0.4, 0.5) is 5.13 Å². The second-order valence-electron chi connectivity index (χ2n) is 6.68. The van der Waals surface area contributed by atoms with Gasteiger partial charge < -0.3 is 9.67 Å². The summed E-state index contributed by atoms with van der Waals surface area (Å²) in [6.07, 6.45) is 1.67. The monoisotopic (exact) mass is 455 g/mol. The SMILES string of the molecule is O=C(Nc1nc2ccc(Br)cc2s1)c1c(O)c2cccc3c2n(c1=O)CCC3. The van der Waals surface area contributed by atoms with E-state index in [-0.39, 0.29) is 11.3 Å². The molecular formula is C20H14BrN3O3S. The molecule has 2 aromatic heterocycles. The number of rotatable bonds is 2. The van der Waals surface area contributed by atoms with Gasteiger partial charge in [-0.3, -0.25) is 14.9 Å². The fourth-order valence-corrected chi connectivity index (χ4v) is 5.15. The van der Waals surface area contributed by atoms with Crippen LogP contribution < -0.4 is 10.9 Å². The number of fused-ring (bicyclic) bond motifs is 1. The third-order valence-electron chi connectivity index (χ3n) is 4.97. The zero-order chi connectivity index (χ0) is 19.4. The van der Waals surface area contributed by atoms with E-state index in [1.54, 1.807) is 10.6 Å². The summed E-state index contributed by atoms with van der Waals surface area (Å²) in [5, 5.41) is 14.3. The Balaban J connectivity index is 1.62. The maximum absolute atomic E-state index is 13.0. The molecular weight excluding hydrogens is 442 g/mol. The van der Waals surface area contributed by atoms with Crippen molar-refractivity contribution in [1.29, 1.82) is 0 Å². The lowest BCUT2D eigenvalue weighted by molar-refractivity contribution is 0.102. The van der Waals surface area contributed by atoms with Crippen LogP contribution in [-0.4, -0.2) is 20.6 Å². The fourth-order valence-electron chi connectivity index (χ4n) is 3.73. The normalized spacial score (nSPS) is 13.2. The predicted octanol–water partition coefficient (Wildman–Crippen LogP) is 4.28. The Morgan fingerprint density at radius 2 is 2.14 bits per heavy atom. The van der Waals surface area contributed by atoms with Gasteiger partial charge in [0, 0.05) is 16.4 Å². The first kappa shape index (κ1) is 17.4. The average Bonchev–Trinajstić information content (AvgIpc) is 3.07. The van der Waals surface area contributed by atoms with Crippen molar-refractivity contribution < 1.29 is 9.90 Å². The highest BCUT2D eigenvalue weighted by Gasteiger charge is 2.25. The molecule has 4 aromatic rings. The summed E-state index contributed by atoms with van der Waals surface area (Å²) < 4.78 is 3.42. The lowest BCUT2D eigenvalue weighted by Crippen LogP contribution is -2.31. The van der Waals surface area contributed by atoms with Gasteiger partial charge in [-0.1, -0.05) is 39.4 Å². The maximum atomic E-state index is 13.0. The lowest BCUT2D eigenvalue weighted by Gasteiger charge is -2.21. The van der Waals surface area contributed by atoms with Crippen LogP contribution >= 0.6 is 27.3 Å². The molecule has 140 valence electrons. The summed E-state index contributed by atoms with van der Waals surface area (Å²) in [5.74, 6) is -0.927. The molecule has 3 heterocycles. The zero-order valence-corrected chi connectivity index (χ0v) is 16.9. The number of para-hydroxylation sites is 1. The number of hydrogen-bond donors (Lipinski definition) is 2. The van der Waals surface area contributed by atoms with E-state index in [4.69, 9.17) is 0 Å². The molecule has 0 saturated carbocycles. The van der Waals surface area contributed by atoms with Gasteiger partial charge in [0.15, 0.2) is 5.13 Å². The number of thiazole rings is 1. The second kappa shape index (κ2) is 6.42. The number of aryl methyl sites for hydroxylation is 2. The minimum atomic E-state index is -0.651. The molecule has 1 aliphatic rings. The van der Waals surface area contributed by atoms with Crippen molar-refractivity contribution >= 4 is 59.4 Å². The predicted molar refractivity (Wildman–Crippen MR) is 113 cm³/mol.